The predicted octanol–water partition coefficient (Wildman–Crippen LogP) is 3.17. The van der Waals surface area contributed by atoms with Crippen molar-refractivity contribution >= 4 is 0 Å². The van der Waals surface area contributed by atoms with Crippen molar-refractivity contribution in [2.24, 2.45) is 0 Å². The zero-order chi connectivity index (χ0) is 12.1. The van der Waals surface area contributed by atoms with Crippen molar-refractivity contribution in [1.29, 1.82) is 0 Å². The molecule has 0 heterocycles. The third kappa shape index (κ3) is 3.45. The smallest absolute Gasteiger partial charge is 0.0249 e. The highest BCUT2D eigenvalue weighted by Crippen LogP contribution is 2.29. The lowest BCUT2D eigenvalue weighted by Gasteiger charge is -2.43. The van der Waals surface area contributed by atoms with Gasteiger partial charge in [0.1, 0.15) is 0 Å². The first kappa shape index (κ1) is 13.4. The van der Waals surface area contributed by atoms with E-state index in [1.54, 1.807) is 0 Å². The summed E-state index contributed by atoms with van der Waals surface area (Å²) < 4.78 is 0. The monoisotopic (exact) mass is 238 g/mol. The zero-order valence-electron chi connectivity index (χ0n) is 11.8. The molecular weight excluding hydrogens is 208 g/mol. The Morgan fingerprint density at radius 3 is 2.29 bits per heavy atom. The van der Waals surface area contributed by atoms with Gasteiger partial charge in [-0.1, -0.05) is 39.0 Å². The minimum atomic E-state index is 0.751. The van der Waals surface area contributed by atoms with Crippen LogP contribution in [0, 0.1) is 0 Å². The summed E-state index contributed by atoms with van der Waals surface area (Å²) in [5.41, 5.74) is 0. The Labute approximate surface area is 107 Å². The third-order valence-corrected chi connectivity index (χ3v) is 4.87. The van der Waals surface area contributed by atoms with Crippen molar-refractivity contribution < 1.29 is 0 Å². The fraction of sp³-hybridized carbons (Fsp3) is 1.00. The largest absolute Gasteiger partial charge is 0.313 e. The molecule has 2 aliphatic carbocycles. The molecule has 17 heavy (non-hydrogen) atoms. The van der Waals surface area contributed by atoms with Gasteiger partial charge in [0.05, 0.1) is 0 Å². The molecule has 2 heteroatoms. The molecule has 0 amide bonds. The van der Waals surface area contributed by atoms with Crippen molar-refractivity contribution in [2.45, 2.75) is 82.8 Å². The molecule has 0 radical (unpaired) electrons. The maximum absolute atomic E-state index is 3.71. The summed E-state index contributed by atoms with van der Waals surface area (Å²) in [5, 5.41) is 3.71. The lowest BCUT2D eigenvalue weighted by molar-refractivity contribution is 0.0863. The number of likely N-dealkylation sites (N-methyl/N-ethyl adjacent to an activating group) is 2. The van der Waals surface area contributed by atoms with Crippen LogP contribution in [0.25, 0.3) is 0 Å². The van der Waals surface area contributed by atoms with Crippen LogP contribution in [-0.2, 0) is 0 Å². The van der Waals surface area contributed by atoms with Gasteiger partial charge in [-0.05, 0) is 39.3 Å². The molecule has 0 spiro atoms. The van der Waals surface area contributed by atoms with E-state index < -0.39 is 0 Å². The van der Waals surface area contributed by atoms with Gasteiger partial charge >= 0.3 is 0 Å². The first-order valence-electron chi connectivity index (χ1n) is 7.78. The highest BCUT2D eigenvalue weighted by molar-refractivity contribution is 4.90. The molecule has 2 atom stereocenters. The molecule has 0 bridgehead atoms. The van der Waals surface area contributed by atoms with E-state index in [1.807, 2.05) is 0 Å². The summed E-state index contributed by atoms with van der Waals surface area (Å²) in [7, 11) is 2.39. The minimum absolute atomic E-state index is 0.751. The SMILES string of the molecule is CCNC1CCCCC1N(C)C1CCCCC1. The van der Waals surface area contributed by atoms with E-state index in [1.165, 1.54) is 57.8 Å². The lowest BCUT2D eigenvalue weighted by atomic mass is 9.86. The van der Waals surface area contributed by atoms with Crippen molar-refractivity contribution in [3.8, 4) is 0 Å². The summed E-state index contributed by atoms with van der Waals surface area (Å²) in [6, 6.07) is 2.42. The molecule has 1 N–H and O–H groups in total. The predicted molar refractivity (Wildman–Crippen MR) is 74.4 cm³/mol. The normalized spacial score (nSPS) is 31.9. The molecule has 2 nitrogen and oxygen atoms in total. The average Bonchev–Trinajstić information content (AvgIpc) is 2.40. The van der Waals surface area contributed by atoms with E-state index in [0.717, 1.165) is 24.7 Å². The van der Waals surface area contributed by atoms with Crippen LogP contribution >= 0.6 is 0 Å². The Balaban J connectivity index is 1.92. The van der Waals surface area contributed by atoms with Crippen LogP contribution in [0.3, 0.4) is 0 Å². The van der Waals surface area contributed by atoms with Crippen LogP contribution in [0.4, 0.5) is 0 Å². The van der Waals surface area contributed by atoms with Gasteiger partial charge in [-0.25, -0.2) is 0 Å². The number of hydrogen-bond acceptors (Lipinski definition) is 2. The maximum Gasteiger partial charge on any atom is 0.0249 e. The molecule has 100 valence electrons. The second-order valence-electron chi connectivity index (χ2n) is 5.97. The van der Waals surface area contributed by atoms with Gasteiger partial charge in [0.15, 0.2) is 0 Å². The van der Waals surface area contributed by atoms with Crippen molar-refractivity contribution in [1.82, 2.24) is 10.2 Å². The van der Waals surface area contributed by atoms with E-state index in [9.17, 15) is 0 Å². The van der Waals surface area contributed by atoms with Crippen molar-refractivity contribution in [2.75, 3.05) is 13.6 Å². The molecule has 2 saturated carbocycles. The summed E-state index contributed by atoms with van der Waals surface area (Å²) in [6.45, 7) is 3.37. The molecule has 2 fully saturated rings. The lowest BCUT2D eigenvalue weighted by Crippen LogP contribution is -2.53. The van der Waals surface area contributed by atoms with E-state index in [-0.39, 0.29) is 0 Å². The molecule has 2 unspecified atom stereocenters. The van der Waals surface area contributed by atoms with Gasteiger partial charge in [-0.3, -0.25) is 4.90 Å². The Morgan fingerprint density at radius 2 is 1.59 bits per heavy atom. The van der Waals surface area contributed by atoms with Crippen LogP contribution < -0.4 is 5.32 Å². The van der Waals surface area contributed by atoms with Gasteiger partial charge in [-0.2, -0.15) is 0 Å². The van der Waals surface area contributed by atoms with Gasteiger partial charge in [0, 0.05) is 18.1 Å². The van der Waals surface area contributed by atoms with Crippen molar-refractivity contribution in [3.63, 3.8) is 0 Å². The van der Waals surface area contributed by atoms with Crippen LogP contribution in [0.2, 0.25) is 0 Å². The van der Waals surface area contributed by atoms with Gasteiger partial charge < -0.3 is 5.32 Å². The van der Waals surface area contributed by atoms with E-state index in [4.69, 9.17) is 0 Å². The molecule has 0 aliphatic heterocycles. The van der Waals surface area contributed by atoms with Gasteiger partial charge in [0.2, 0.25) is 0 Å². The highest BCUT2D eigenvalue weighted by atomic mass is 15.2. The maximum atomic E-state index is 3.71. The Hall–Kier alpha value is -0.0800. The molecule has 0 aromatic rings. The standard InChI is InChI=1S/C15H30N2/c1-3-16-14-11-7-8-12-15(14)17(2)13-9-5-4-6-10-13/h13-16H,3-12H2,1-2H3. The van der Waals surface area contributed by atoms with E-state index >= 15 is 0 Å². The molecule has 0 aromatic carbocycles. The molecule has 0 aromatic heterocycles. The average molecular weight is 238 g/mol. The molecule has 2 rings (SSSR count). The topological polar surface area (TPSA) is 15.3 Å². The fourth-order valence-corrected chi connectivity index (χ4v) is 3.86. The summed E-state index contributed by atoms with van der Waals surface area (Å²) in [4.78, 5) is 2.73. The number of rotatable bonds is 4. The Kier molecular flexibility index (Phi) is 5.30. The van der Waals surface area contributed by atoms with Crippen molar-refractivity contribution in [3.05, 3.63) is 0 Å². The van der Waals surface area contributed by atoms with Gasteiger partial charge in [-0.15, -0.1) is 0 Å². The molecule has 0 saturated heterocycles. The number of nitrogens with zero attached hydrogens (tertiary/aromatic N) is 1. The first-order chi connectivity index (χ1) is 8.33. The summed E-state index contributed by atoms with van der Waals surface area (Å²) in [5.74, 6) is 0. The third-order valence-electron chi connectivity index (χ3n) is 4.87. The molecule has 2 aliphatic rings. The second kappa shape index (κ2) is 6.75. The number of hydrogen-bond donors (Lipinski definition) is 1. The quantitative estimate of drug-likeness (QED) is 0.809. The van der Waals surface area contributed by atoms with Crippen LogP contribution in [-0.4, -0.2) is 36.6 Å². The zero-order valence-corrected chi connectivity index (χ0v) is 11.8. The van der Waals surface area contributed by atoms with Crippen LogP contribution in [0.15, 0.2) is 0 Å². The Morgan fingerprint density at radius 1 is 0.941 bits per heavy atom. The summed E-state index contributed by atoms with van der Waals surface area (Å²) >= 11 is 0. The fourth-order valence-electron chi connectivity index (χ4n) is 3.86. The second-order valence-corrected chi connectivity index (χ2v) is 5.97. The number of nitrogens with one attached hydrogen (secondary N) is 1. The first-order valence-corrected chi connectivity index (χ1v) is 7.78. The van der Waals surface area contributed by atoms with E-state index in [0.29, 0.717) is 0 Å². The van der Waals surface area contributed by atoms with Crippen LogP contribution in [0.5, 0.6) is 0 Å². The minimum Gasteiger partial charge on any atom is -0.313 e. The summed E-state index contributed by atoms with van der Waals surface area (Å²) in [6.07, 6.45) is 12.9. The van der Waals surface area contributed by atoms with E-state index in [2.05, 4.69) is 24.2 Å². The highest BCUT2D eigenvalue weighted by Gasteiger charge is 2.31. The van der Waals surface area contributed by atoms with Crippen LogP contribution in [0.1, 0.15) is 64.7 Å². The molecular formula is C15H30N2. The Bertz CT molecular complexity index is 209. The van der Waals surface area contributed by atoms with Gasteiger partial charge in [0.25, 0.3) is 0 Å².